The first-order chi connectivity index (χ1) is 15.9. The van der Waals surface area contributed by atoms with Crippen LogP contribution in [0.5, 0.6) is 0 Å². The van der Waals surface area contributed by atoms with Gasteiger partial charge in [-0.05, 0) is 47.5 Å². The molecule has 0 atom stereocenters. The zero-order valence-corrected chi connectivity index (χ0v) is 17.3. The molecule has 33 heavy (non-hydrogen) atoms. The number of alkyl halides is 3. The van der Waals surface area contributed by atoms with Crippen LogP contribution in [0.3, 0.4) is 0 Å². The van der Waals surface area contributed by atoms with Crippen LogP contribution in [-0.4, -0.2) is 20.8 Å². The SMILES string of the molecule is O=C(/C=C/c1ccccc1)c1nnn(-c2ccc(C(F)(F)F)cc2)c1/C=C/c1ccccc1. The molecule has 0 fully saturated rings. The van der Waals surface area contributed by atoms with Crippen molar-refractivity contribution in [1.29, 1.82) is 0 Å². The normalized spacial score (nSPS) is 12.0. The molecular formula is C26H18F3N3O. The number of benzene rings is 3. The fourth-order valence-electron chi connectivity index (χ4n) is 3.15. The van der Waals surface area contributed by atoms with Crippen molar-refractivity contribution in [1.82, 2.24) is 15.0 Å². The fraction of sp³-hybridized carbons (Fsp3) is 0.0385. The van der Waals surface area contributed by atoms with E-state index in [4.69, 9.17) is 0 Å². The van der Waals surface area contributed by atoms with Gasteiger partial charge in [-0.1, -0.05) is 78.0 Å². The second kappa shape index (κ2) is 9.48. The molecule has 0 unspecified atom stereocenters. The molecule has 0 N–H and O–H groups in total. The van der Waals surface area contributed by atoms with Crippen molar-refractivity contribution in [3.05, 3.63) is 119 Å². The highest BCUT2D eigenvalue weighted by Gasteiger charge is 2.30. The lowest BCUT2D eigenvalue weighted by atomic mass is 10.1. The molecule has 7 heteroatoms. The van der Waals surface area contributed by atoms with E-state index >= 15 is 0 Å². The molecule has 0 aliphatic rings. The van der Waals surface area contributed by atoms with E-state index in [1.165, 1.54) is 22.9 Å². The van der Waals surface area contributed by atoms with Gasteiger partial charge in [0.1, 0.15) is 0 Å². The van der Waals surface area contributed by atoms with Crippen LogP contribution in [0.4, 0.5) is 13.2 Å². The van der Waals surface area contributed by atoms with E-state index in [2.05, 4.69) is 10.3 Å². The number of nitrogens with zero attached hydrogens (tertiary/aromatic N) is 3. The van der Waals surface area contributed by atoms with Gasteiger partial charge in [0.25, 0.3) is 0 Å². The second-order valence-electron chi connectivity index (χ2n) is 7.13. The lowest BCUT2D eigenvalue weighted by Crippen LogP contribution is -2.06. The number of aromatic nitrogens is 3. The summed E-state index contributed by atoms with van der Waals surface area (Å²) in [6.07, 6.45) is 2.09. The number of halogens is 3. The van der Waals surface area contributed by atoms with E-state index < -0.39 is 11.7 Å². The maximum Gasteiger partial charge on any atom is 0.416 e. The number of carbonyl (C=O) groups excluding carboxylic acids is 1. The molecule has 0 spiro atoms. The highest BCUT2D eigenvalue weighted by molar-refractivity contribution is 6.07. The largest absolute Gasteiger partial charge is 0.416 e. The van der Waals surface area contributed by atoms with Gasteiger partial charge in [-0.2, -0.15) is 13.2 Å². The van der Waals surface area contributed by atoms with Crippen molar-refractivity contribution in [3.8, 4) is 5.69 Å². The van der Waals surface area contributed by atoms with Gasteiger partial charge in [-0.3, -0.25) is 4.79 Å². The molecule has 3 aromatic carbocycles. The molecule has 0 amide bonds. The predicted octanol–water partition coefficient (Wildman–Crippen LogP) is 6.35. The summed E-state index contributed by atoms with van der Waals surface area (Å²) in [5, 5.41) is 8.07. The first kappa shape index (κ1) is 22.0. The Balaban J connectivity index is 1.72. The molecule has 0 bridgehead atoms. The number of rotatable bonds is 6. The third-order valence-corrected chi connectivity index (χ3v) is 4.84. The van der Waals surface area contributed by atoms with E-state index in [1.807, 2.05) is 60.7 Å². The number of allylic oxidation sites excluding steroid dienone is 1. The van der Waals surface area contributed by atoms with Crippen LogP contribution in [0, 0.1) is 0 Å². The smallest absolute Gasteiger partial charge is 0.287 e. The van der Waals surface area contributed by atoms with Crippen LogP contribution < -0.4 is 0 Å². The predicted molar refractivity (Wildman–Crippen MR) is 122 cm³/mol. The van der Waals surface area contributed by atoms with Crippen LogP contribution in [0.1, 0.15) is 32.9 Å². The summed E-state index contributed by atoms with van der Waals surface area (Å²) in [4.78, 5) is 12.9. The molecule has 0 aliphatic heterocycles. The van der Waals surface area contributed by atoms with Crippen molar-refractivity contribution in [3.63, 3.8) is 0 Å². The maximum absolute atomic E-state index is 12.9. The molecule has 4 nitrogen and oxygen atoms in total. The average Bonchev–Trinajstić information content (AvgIpc) is 3.26. The van der Waals surface area contributed by atoms with Crippen molar-refractivity contribution in [2.45, 2.75) is 6.18 Å². The highest BCUT2D eigenvalue weighted by Crippen LogP contribution is 2.30. The lowest BCUT2D eigenvalue weighted by Gasteiger charge is -2.08. The number of hydrogen-bond donors (Lipinski definition) is 0. The van der Waals surface area contributed by atoms with Crippen LogP contribution in [0.2, 0.25) is 0 Å². The van der Waals surface area contributed by atoms with Crippen molar-refractivity contribution in [2.75, 3.05) is 0 Å². The monoisotopic (exact) mass is 445 g/mol. The fourth-order valence-corrected chi connectivity index (χ4v) is 3.15. The second-order valence-corrected chi connectivity index (χ2v) is 7.13. The van der Waals surface area contributed by atoms with Gasteiger partial charge in [-0.25, -0.2) is 4.68 Å². The topological polar surface area (TPSA) is 47.8 Å². The molecule has 0 saturated heterocycles. The molecule has 0 aliphatic carbocycles. The zero-order valence-electron chi connectivity index (χ0n) is 17.3. The van der Waals surface area contributed by atoms with Crippen LogP contribution in [0.25, 0.3) is 23.9 Å². The summed E-state index contributed by atoms with van der Waals surface area (Å²) >= 11 is 0. The summed E-state index contributed by atoms with van der Waals surface area (Å²) in [6.45, 7) is 0. The number of carbonyl (C=O) groups is 1. The van der Waals surface area contributed by atoms with Crippen molar-refractivity contribution in [2.24, 2.45) is 0 Å². The quantitative estimate of drug-likeness (QED) is 0.257. The standard InChI is InChI=1S/C26H18F3N3O/c27-26(28,29)21-13-15-22(16-14-21)32-23(17-11-19-7-3-1-4-8-19)25(30-31-32)24(33)18-12-20-9-5-2-6-10-20/h1-18H/b17-11+,18-12+. The van der Waals surface area contributed by atoms with Crippen molar-refractivity contribution >= 4 is 24.0 Å². The molecule has 4 rings (SSSR count). The average molecular weight is 445 g/mol. The Morgan fingerprint density at radius 2 is 1.33 bits per heavy atom. The first-order valence-corrected chi connectivity index (χ1v) is 10.1. The molecule has 0 radical (unpaired) electrons. The van der Waals surface area contributed by atoms with Gasteiger partial charge in [0.05, 0.1) is 16.9 Å². The van der Waals surface area contributed by atoms with Crippen LogP contribution in [0.15, 0.2) is 91.0 Å². The van der Waals surface area contributed by atoms with Gasteiger partial charge in [0, 0.05) is 0 Å². The Morgan fingerprint density at radius 3 is 1.91 bits per heavy atom. The van der Waals surface area contributed by atoms with Gasteiger partial charge in [0.15, 0.2) is 5.69 Å². The highest BCUT2D eigenvalue weighted by atomic mass is 19.4. The van der Waals surface area contributed by atoms with E-state index in [0.29, 0.717) is 11.4 Å². The van der Waals surface area contributed by atoms with E-state index in [9.17, 15) is 18.0 Å². The van der Waals surface area contributed by atoms with Gasteiger partial charge in [-0.15, -0.1) is 5.10 Å². The lowest BCUT2D eigenvalue weighted by molar-refractivity contribution is -0.137. The molecule has 1 aromatic heterocycles. The summed E-state index contributed by atoms with van der Waals surface area (Å²) in [6, 6.07) is 23.3. The molecular weight excluding hydrogens is 427 g/mol. The summed E-state index contributed by atoms with van der Waals surface area (Å²) in [5.41, 5.74) is 1.78. The first-order valence-electron chi connectivity index (χ1n) is 10.1. The van der Waals surface area contributed by atoms with E-state index in [1.54, 1.807) is 18.2 Å². The Labute approximate surface area is 188 Å². The van der Waals surface area contributed by atoms with Crippen LogP contribution >= 0.6 is 0 Å². The van der Waals surface area contributed by atoms with E-state index in [0.717, 1.165) is 23.3 Å². The van der Waals surface area contributed by atoms with Crippen LogP contribution in [-0.2, 0) is 6.18 Å². The summed E-state index contributed by atoms with van der Waals surface area (Å²) in [7, 11) is 0. The Hall–Kier alpha value is -4.26. The summed E-state index contributed by atoms with van der Waals surface area (Å²) < 4.78 is 40.2. The van der Waals surface area contributed by atoms with Gasteiger partial charge >= 0.3 is 6.18 Å². The minimum Gasteiger partial charge on any atom is -0.287 e. The minimum absolute atomic E-state index is 0.0919. The van der Waals surface area contributed by atoms with E-state index in [-0.39, 0.29) is 11.5 Å². The van der Waals surface area contributed by atoms with Gasteiger partial charge in [0.2, 0.25) is 5.78 Å². The molecule has 164 valence electrons. The Kier molecular flexibility index (Phi) is 6.31. The Morgan fingerprint density at radius 1 is 0.758 bits per heavy atom. The molecule has 0 saturated carbocycles. The zero-order chi connectivity index (χ0) is 23.3. The molecule has 1 heterocycles. The third-order valence-electron chi connectivity index (χ3n) is 4.84. The van der Waals surface area contributed by atoms with Crippen molar-refractivity contribution < 1.29 is 18.0 Å². The third kappa shape index (κ3) is 5.33. The number of ketones is 1. The Bertz CT molecular complexity index is 1290. The van der Waals surface area contributed by atoms with Gasteiger partial charge < -0.3 is 0 Å². The number of hydrogen-bond acceptors (Lipinski definition) is 3. The molecule has 4 aromatic rings. The minimum atomic E-state index is -4.44. The maximum atomic E-state index is 12.9. The summed E-state index contributed by atoms with van der Waals surface area (Å²) in [5.74, 6) is -0.371.